The van der Waals surface area contributed by atoms with Gasteiger partial charge in [0.2, 0.25) is 0 Å². The molecular formula is C22H30N6O2S. The smallest absolute Gasteiger partial charge is 0.264 e. The molecule has 0 aromatic carbocycles. The number of thiophene rings is 1. The summed E-state index contributed by atoms with van der Waals surface area (Å²) in [6.45, 7) is 9.02. The van der Waals surface area contributed by atoms with Gasteiger partial charge in [-0.3, -0.25) is 9.69 Å². The van der Waals surface area contributed by atoms with Crippen LogP contribution in [0.5, 0.6) is 0 Å². The van der Waals surface area contributed by atoms with Crippen LogP contribution >= 0.6 is 11.3 Å². The number of anilines is 2. The van der Waals surface area contributed by atoms with Crippen LogP contribution in [0.1, 0.15) is 22.5 Å². The minimum Gasteiger partial charge on any atom is -0.377 e. The number of carbonyl (C=O) groups is 1. The Kier molecular flexibility index (Phi) is 6.33. The summed E-state index contributed by atoms with van der Waals surface area (Å²) in [6.07, 6.45) is 2.82. The molecule has 3 aliphatic heterocycles. The Morgan fingerprint density at radius 3 is 2.19 bits per heavy atom. The standard InChI is InChI=1S/C22H30N6O2S/c29-22(19-4-2-16-31-19)28-13-11-27(12-14-28)21-6-5-20(23-24-21)26-9-7-25(8-10-26)17-18-3-1-15-30-18/h2,4-6,16,18H,1,3,7-15,17H2. The van der Waals surface area contributed by atoms with Gasteiger partial charge in [0.25, 0.3) is 5.91 Å². The molecule has 2 aromatic heterocycles. The van der Waals surface area contributed by atoms with E-state index in [0.717, 1.165) is 68.9 Å². The van der Waals surface area contributed by atoms with Gasteiger partial charge in [-0.1, -0.05) is 6.07 Å². The highest BCUT2D eigenvalue weighted by Crippen LogP contribution is 2.20. The zero-order valence-corrected chi connectivity index (χ0v) is 18.7. The van der Waals surface area contributed by atoms with E-state index in [1.54, 1.807) is 0 Å². The molecule has 31 heavy (non-hydrogen) atoms. The molecule has 0 radical (unpaired) electrons. The van der Waals surface area contributed by atoms with E-state index >= 15 is 0 Å². The molecule has 0 bridgehead atoms. The maximum absolute atomic E-state index is 12.5. The first kappa shape index (κ1) is 20.7. The van der Waals surface area contributed by atoms with Crippen LogP contribution in [0.4, 0.5) is 11.6 Å². The Morgan fingerprint density at radius 1 is 0.968 bits per heavy atom. The number of aromatic nitrogens is 2. The fourth-order valence-electron chi connectivity index (χ4n) is 4.59. The number of hydrogen-bond donors (Lipinski definition) is 0. The monoisotopic (exact) mass is 442 g/mol. The predicted molar refractivity (Wildman–Crippen MR) is 122 cm³/mol. The van der Waals surface area contributed by atoms with E-state index in [4.69, 9.17) is 4.74 Å². The molecule has 3 fully saturated rings. The minimum absolute atomic E-state index is 0.134. The largest absolute Gasteiger partial charge is 0.377 e. The molecule has 5 heterocycles. The van der Waals surface area contributed by atoms with Crippen molar-refractivity contribution in [3.63, 3.8) is 0 Å². The topological polar surface area (TPSA) is 65.0 Å². The Morgan fingerprint density at radius 2 is 1.65 bits per heavy atom. The third kappa shape index (κ3) is 4.83. The molecule has 1 unspecified atom stereocenters. The lowest BCUT2D eigenvalue weighted by Gasteiger charge is -2.37. The summed E-state index contributed by atoms with van der Waals surface area (Å²) in [6, 6.07) is 7.97. The highest BCUT2D eigenvalue weighted by Gasteiger charge is 2.25. The number of nitrogens with zero attached hydrogens (tertiary/aromatic N) is 6. The number of rotatable bonds is 5. The van der Waals surface area contributed by atoms with Gasteiger partial charge in [-0.2, -0.15) is 0 Å². The number of hydrogen-bond acceptors (Lipinski definition) is 8. The van der Waals surface area contributed by atoms with Crippen LogP contribution in [-0.4, -0.2) is 97.5 Å². The van der Waals surface area contributed by atoms with Crippen LogP contribution in [0.25, 0.3) is 0 Å². The fourth-order valence-corrected chi connectivity index (χ4v) is 5.28. The summed E-state index contributed by atoms with van der Waals surface area (Å²) in [5.74, 6) is 1.98. The highest BCUT2D eigenvalue weighted by molar-refractivity contribution is 7.12. The van der Waals surface area contributed by atoms with E-state index in [1.165, 1.54) is 24.2 Å². The molecule has 9 heteroatoms. The Hall–Kier alpha value is -2.23. The van der Waals surface area contributed by atoms with Gasteiger partial charge in [0.1, 0.15) is 0 Å². The summed E-state index contributed by atoms with van der Waals surface area (Å²) in [5, 5.41) is 11.0. The van der Waals surface area contributed by atoms with Crippen molar-refractivity contribution in [2.45, 2.75) is 18.9 Å². The maximum atomic E-state index is 12.5. The van der Waals surface area contributed by atoms with Crippen LogP contribution in [0.3, 0.4) is 0 Å². The normalized spacial score (nSPS) is 22.8. The average molecular weight is 443 g/mol. The summed E-state index contributed by atoms with van der Waals surface area (Å²) in [4.78, 5) is 22.3. The Balaban J connectivity index is 1.10. The number of ether oxygens (including phenoxy) is 1. The van der Waals surface area contributed by atoms with Crippen molar-refractivity contribution in [3.05, 3.63) is 34.5 Å². The molecule has 166 valence electrons. The van der Waals surface area contributed by atoms with Crippen LogP contribution in [-0.2, 0) is 4.74 Å². The average Bonchev–Trinajstić information content (AvgIpc) is 3.54. The van der Waals surface area contributed by atoms with Crippen LogP contribution in [0.2, 0.25) is 0 Å². The van der Waals surface area contributed by atoms with Gasteiger partial charge in [0.05, 0.1) is 11.0 Å². The third-order valence-electron chi connectivity index (χ3n) is 6.44. The van der Waals surface area contributed by atoms with Crippen molar-refractivity contribution >= 4 is 28.9 Å². The summed E-state index contributed by atoms with van der Waals surface area (Å²) in [5.41, 5.74) is 0. The molecule has 2 aromatic rings. The molecule has 3 aliphatic rings. The quantitative estimate of drug-likeness (QED) is 0.700. The van der Waals surface area contributed by atoms with Crippen molar-refractivity contribution in [2.24, 2.45) is 0 Å². The van der Waals surface area contributed by atoms with Crippen LogP contribution in [0, 0.1) is 0 Å². The lowest BCUT2D eigenvalue weighted by molar-refractivity contribution is 0.0712. The van der Waals surface area contributed by atoms with Crippen molar-refractivity contribution in [1.82, 2.24) is 20.0 Å². The first-order valence-electron chi connectivity index (χ1n) is 11.3. The highest BCUT2D eigenvalue weighted by atomic mass is 32.1. The third-order valence-corrected chi connectivity index (χ3v) is 7.30. The van der Waals surface area contributed by atoms with Crippen molar-refractivity contribution < 1.29 is 9.53 Å². The second-order valence-corrected chi connectivity index (χ2v) is 9.38. The van der Waals surface area contributed by atoms with Crippen molar-refractivity contribution in [1.29, 1.82) is 0 Å². The SMILES string of the molecule is O=C(c1cccs1)N1CCN(c2ccc(N3CCN(CC4CCCO4)CC3)nn2)CC1. The number of carbonyl (C=O) groups excluding carboxylic acids is 1. The second-order valence-electron chi connectivity index (χ2n) is 8.43. The lowest BCUT2D eigenvalue weighted by atomic mass is 10.2. The first-order chi connectivity index (χ1) is 15.3. The molecular weight excluding hydrogens is 412 g/mol. The van der Waals surface area contributed by atoms with Gasteiger partial charge in [-0.25, -0.2) is 0 Å². The molecule has 3 saturated heterocycles. The fraction of sp³-hybridized carbons (Fsp3) is 0.591. The van der Waals surface area contributed by atoms with Gasteiger partial charge < -0.3 is 19.4 Å². The van der Waals surface area contributed by atoms with Crippen LogP contribution < -0.4 is 9.80 Å². The van der Waals surface area contributed by atoms with E-state index in [2.05, 4.69) is 37.0 Å². The minimum atomic E-state index is 0.134. The molecule has 1 atom stereocenters. The lowest BCUT2D eigenvalue weighted by Crippen LogP contribution is -2.49. The van der Waals surface area contributed by atoms with Crippen molar-refractivity contribution in [3.8, 4) is 0 Å². The van der Waals surface area contributed by atoms with Crippen LogP contribution in [0.15, 0.2) is 29.6 Å². The number of amides is 1. The second kappa shape index (κ2) is 9.50. The number of piperazine rings is 2. The molecule has 0 saturated carbocycles. The van der Waals surface area contributed by atoms with Gasteiger partial charge in [0, 0.05) is 65.5 Å². The van der Waals surface area contributed by atoms with E-state index in [1.807, 2.05) is 22.4 Å². The molecule has 8 nitrogen and oxygen atoms in total. The van der Waals surface area contributed by atoms with E-state index in [-0.39, 0.29) is 5.91 Å². The van der Waals surface area contributed by atoms with Gasteiger partial charge >= 0.3 is 0 Å². The molecule has 1 amide bonds. The zero-order chi connectivity index (χ0) is 21.0. The zero-order valence-electron chi connectivity index (χ0n) is 17.9. The Labute approximate surface area is 187 Å². The molecule has 5 rings (SSSR count). The van der Waals surface area contributed by atoms with Gasteiger partial charge in [0.15, 0.2) is 11.6 Å². The summed E-state index contributed by atoms with van der Waals surface area (Å²) in [7, 11) is 0. The van der Waals surface area contributed by atoms with E-state index < -0.39 is 0 Å². The van der Waals surface area contributed by atoms with Gasteiger partial charge in [-0.05, 0) is 36.4 Å². The molecule has 0 spiro atoms. The Bertz CT molecular complexity index is 839. The summed E-state index contributed by atoms with van der Waals surface area (Å²) >= 11 is 1.50. The molecule has 0 aliphatic carbocycles. The van der Waals surface area contributed by atoms with Gasteiger partial charge in [-0.15, -0.1) is 21.5 Å². The van der Waals surface area contributed by atoms with E-state index in [0.29, 0.717) is 19.2 Å². The summed E-state index contributed by atoms with van der Waals surface area (Å²) < 4.78 is 5.77. The van der Waals surface area contributed by atoms with E-state index in [9.17, 15) is 4.79 Å². The first-order valence-corrected chi connectivity index (χ1v) is 12.1. The maximum Gasteiger partial charge on any atom is 0.264 e. The van der Waals surface area contributed by atoms with Crippen molar-refractivity contribution in [2.75, 3.05) is 75.3 Å². The predicted octanol–water partition coefficient (Wildman–Crippen LogP) is 1.80. The molecule has 0 N–H and O–H groups in total.